The maximum Gasteiger partial charge on any atom is 0.150 e. The van der Waals surface area contributed by atoms with E-state index >= 15 is 0 Å². The normalized spacial score (nSPS) is 20.6. The summed E-state index contributed by atoms with van der Waals surface area (Å²) in [7, 11) is -2.77. The largest absolute Gasteiger partial charge is 0.308 e. The van der Waals surface area contributed by atoms with E-state index in [1.54, 1.807) is 11.3 Å². The van der Waals surface area contributed by atoms with E-state index in [4.69, 9.17) is 0 Å². The van der Waals surface area contributed by atoms with Gasteiger partial charge in [0, 0.05) is 23.4 Å². The van der Waals surface area contributed by atoms with Crippen LogP contribution in [0.2, 0.25) is 0 Å². The monoisotopic (exact) mass is 302 g/mol. The molecule has 1 aromatic rings. The van der Waals surface area contributed by atoms with E-state index in [2.05, 4.69) is 36.5 Å². The highest BCUT2D eigenvalue weighted by Gasteiger charge is 2.23. The molecule has 0 aromatic carbocycles. The molecule has 1 aliphatic heterocycles. The Morgan fingerprint density at radius 2 is 2.00 bits per heavy atom. The smallest absolute Gasteiger partial charge is 0.150 e. The van der Waals surface area contributed by atoms with Crippen molar-refractivity contribution in [1.82, 2.24) is 10.3 Å². The van der Waals surface area contributed by atoms with Gasteiger partial charge in [0.2, 0.25) is 0 Å². The van der Waals surface area contributed by atoms with Crippen molar-refractivity contribution >= 4 is 21.2 Å². The Labute approximate surface area is 119 Å². The highest BCUT2D eigenvalue weighted by molar-refractivity contribution is 7.91. The van der Waals surface area contributed by atoms with Gasteiger partial charge in [0.25, 0.3) is 0 Å². The first-order chi connectivity index (χ1) is 8.76. The summed E-state index contributed by atoms with van der Waals surface area (Å²) < 4.78 is 22.7. The minimum absolute atomic E-state index is 0.0990. The summed E-state index contributed by atoms with van der Waals surface area (Å²) in [4.78, 5) is 4.63. The molecule has 0 amide bonds. The highest BCUT2D eigenvalue weighted by Crippen LogP contribution is 2.25. The van der Waals surface area contributed by atoms with Gasteiger partial charge in [-0.3, -0.25) is 0 Å². The zero-order chi connectivity index (χ0) is 14.1. The van der Waals surface area contributed by atoms with Crippen molar-refractivity contribution in [3.63, 3.8) is 0 Å². The van der Waals surface area contributed by atoms with Gasteiger partial charge in [-0.25, -0.2) is 13.4 Å². The van der Waals surface area contributed by atoms with Crippen LogP contribution in [0.3, 0.4) is 0 Å². The molecule has 2 rings (SSSR count). The molecule has 0 atom stereocenters. The molecule has 1 N–H and O–H groups in total. The Hall–Kier alpha value is -0.460. The third-order valence-corrected chi connectivity index (χ3v) is 6.35. The predicted octanol–water partition coefficient (Wildman–Crippen LogP) is 2.11. The molecular weight excluding hydrogens is 280 g/mol. The van der Waals surface area contributed by atoms with Crippen LogP contribution in [0.1, 0.15) is 44.3 Å². The Morgan fingerprint density at radius 1 is 1.37 bits per heavy atom. The number of thiazole rings is 1. The van der Waals surface area contributed by atoms with Crippen LogP contribution in [-0.4, -0.2) is 30.9 Å². The standard InChI is InChI=1S/C13H22N2O2S2/c1-13(2,3)12-15-11(9-18-12)8-14-10-4-6-19(16,17)7-5-10/h9-10,14H,4-8H2,1-3H3. The molecule has 4 nitrogen and oxygen atoms in total. The van der Waals surface area contributed by atoms with Crippen LogP contribution in [0.5, 0.6) is 0 Å². The fourth-order valence-electron chi connectivity index (χ4n) is 2.08. The van der Waals surface area contributed by atoms with Gasteiger partial charge in [-0.1, -0.05) is 20.8 Å². The van der Waals surface area contributed by atoms with Gasteiger partial charge in [-0.2, -0.15) is 0 Å². The van der Waals surface area contributed by atoms with Crippen LogP contribution >= 0.6 is 11.3 Å². The summed E-state index contributed by atoms with van der Waals surface area (Å²) in [6, 6.07) is 0.309. The van der Waals surface area contributed by atoms with Crippen molar-refractivity contribution in [3.05, 3.63) is 16.1 Å². The minimum Gasteiger partial charge on any atom is -0.308 e. The lowest BCUT2D eigenvalue weighted by atomic mass is 9.98. The molecule has 2 heterocycles. The SMILES string of the molecule is CC(C)(C)c1nc(CNC2CCS(=O)(=O)CC2)cs1. The second-order valence-corrected chi connectivity index (χ2v) is 9.36. The molecule has 1 fully saturated rings. The predicted molar refractivity (Wildman–Crippen MR) is 79.3 cm³/mol. The van der Waals surface area contributed by atoms with E-state index < -0.39 is 9.84 Å². The molecule has 0 spiro atoms. The van der Waals surface area contributed by atoms with Crippen LogP contribution in [0, 0.1) is 0 Å². The summed E-state index contributed by atoms with van der Waals surface area (Å²) >= 11 is 1.70. The number of sulfone groups is 1. The van der Waals surface area contributed by atoms with Crippen LogP contribution in [0.4, 0.5) is 0 Å². The fraction of sp³-hybridized carbons (Fsp3) is 0.769. The topological polar surface area (TPSA) is 59.1 Å². The number of rotatable bonds is 3. The molecule has 19 heavy (non-hydrogen) atoms. The number of hydrogen-bond donors (Lipinski definition) is 1. The quantitative estimate of drug-likeness (QED) is 0.929. The summed E-state index contributed by atoms with van der Waals surface area (Å²) in [5, 5.41) is 6.66. The minimum atomic E-state index is -2.77. The van der Waals surface area contributed by atoms with Gasteiger partial charge in [0.15, 0.2) is 0 Å². The Balaban J connectivity index is 1.85. The van der Waals surface area contributed by atoms with Gasteiger partial charge in [0.05, 0.1) is 22.2 Å². The van der Waals surface area contributed by atoms with Crippen molar-refractivity contribution in [2.75, 3.05) is 11.5 Å². The highest BCUT2D eigenvalue weighted by atomic mass is 32.2. The molecule has 108 valence electrons. The second kappa shape index (κ2) is 5.50. The third-order valence-electron chi connectivity index (χ3n) is 3.32. The van der Waals surface area contributed by atoms with Crippen molar-refractivity contribution in [3.8, 4) is 0 Å². The Kier molecular flexibility index (Phi) is 4.32. The van der Waals surface area contributed by atoms with Crippen molar-refractivity contribution in [2.45, 2.75) is 51.6 Å². The molecule has 1 aliphatic rings. The lowest BCUT2D eigenvalue weighted by Gasteiger charge is -2.22. The van der Waals surface area contributed by atoms with E-state index in [9.17, 15) is 8.42 Å². The lowest BCUT2D eigenvalue weighted by Crippen LogP contribution is -2.37. The molecule has 1 saturated heterocycles. The van der Waals surface area contributed by atoms with Gasteiger partial charge in [0.1, 0.15) is 9.84 Å². The zero-order valence-corrected chi connectivity index (χ0v) is 13.4. The molecule has 0 bridgehead atoms. The first-order valence-electron chi connectivity index (χ1n) is 6.65. The van der Waals surface area contributed by atoms with E-state index in [1.807, 2.05) is 0 Å². The fourth-order valence-corrected chi connectivity index (χ4v) is 4.47. The number of aromatic nitrogens is 1. The zero-order valence-electron chi connectivity index (χ0n) is 11.8. The molecule has 6 heteroatoms. The van der Waals surface area contributed by atoms with Gasteiger partial charge in [-0.15, -0.1) is 11.3 Å². The molecular formula is C13H22N2O2S2. The van der Waals surface area contributed by atoms with Gasteiger partial charge >= 0.3 is 0 Å². The van der Waals surface area contributed by atoms with Crippen molar-refractivity contribution < 1.29 is 8.42 Å². The van der Waals surface area contributed by atoms with Crippen LogP contribution < -0.4 is 5.32 Å². The average molecular weight is 302 g/mol. The van der Waals surface area contributed by atoms with Crippen LogP contribution in [0.15, 0.2) is 5.38 Å². The van der Waals surface area contributed by atoms with E-state index in [0.717, 1.165) is 30.1 Å². The Bertz CT molecular complexity index is 515. The maximum absolute atomic E-state index is 11.3. The molecule has 0 radical (unpaired) electrons. The van der Waals surface area contributed by atoms with Crippen molar-refractivity contribution in [1.29, 1.82) is 0 Å². The van der Waals surface area contributed by atoms with E-state index in [0.29, 0.717) is 17.5 Å². The summed E-state index contributed by atoms with van der Waals surface area (Å²) in [6.45, 7) is 7.22. The summed E-state index contributed by atoms with van der Waals surface area (Å²) in [6.07, 6.45) is 1.44. The molecule has 0 saturated carbocycles. The van der Waals surface area contributed by atoms with Gasteiger partial charge in [-0.05, 0) is 12.8 Å². The Morgan fingerprint density at radius 3 is 2.53 bits per heavy atom. The van der Waals surface area contributed by atoms with E-state index in [-0.39, 0.29) is 5.41 Å². The first-order valence-corrected chi connectivity index (χ1v) is 9.35. The molecule has 1 aromatic heterocycles. The van der Waals surface area contributed by atoms with Crippen molar-refractivity contribution in [2.24, 2.45) is 0 Å². The van der Waals surface area contributed by atoms with Crippen LogP contribution in [-0.2, 0) is 21.8 Å². The average Bonchev–Trinajstić information content (AvgIpc) is 2.76. The molecule has 0 unspecified atom stereocenters. The number of nitrogens with zero attached hydrogens (tertiary/aromatic N) is 1. The second-order valence-electron chi connectivity index (χ2n) is 6.20. The molecule has 0 aliphatic carbocycles. The van der Waals surface area contributed by atoms with E-state index in [1.165, 1.54) is 0 Å². The third kappa shape index (κ3) is 4.26. The summed E-state index contributed by atoms with van der Waals surface area (Å²) in [5.74, 6) is 0.629. The number of hydrogen-bond acceptors (Lipinski definition) is 5. The first kappa shape index (κ1) is 14.9. The maximum atomic E-state index is 11.3. The van der Waals surface area contributed by atoms with Crippen LogP contribution in [0.25, 0.3) is 0 Å². The van der Waals surface area contributed by atoms with Gasteiger partial charge < -0.3 is 5.32 Å². The lowest BCUT2D eigenvalue weighted by molar-refractivity contribution is 0.460. The number of nitrogens with one attached hydrogen (secondary N) is 1. The summed E-state index contributed by atoms with van der Waals surface area (Å²) in [5.41, 5.74) is 1.16.